The van der Waals surface area contributed by atoms with Gasteiger partial charge in [0.05, 0.1) is 13.2 Å². The Hall–Kier alpha value is -1.88. The van der Waals surface area contributed by atoms with Crippen LogP contribution in [0.25, 0.3) is 0 Å². The number of rotatable bonds is 7. The van der Waals surface area contributed by atoms with E-state index in [0.29, 0.717) is 13.0 Å². The van der Waals surface area contributed by atoms with Gasteiger partial charge in [-0.1, -0.05) is 30.3 Å². The second kappa shape index (κ2) is 7.39. The van der Waals surface area contributed by atoms with Crippen molar-refractivity contribution >= 4 is 11.8 Å². The minimum absolute atomic E-state index is 0.00478. The van der Waals surface area contributed by atoms with Gasteiger partial charge in [-0.3, -0.25) is 14.4 Å². The summed E-state index contributed by atoms with van der Waals surface area (Å²) in [5, 5.41) is 2.78. The molecule has 2 N–H and O–H groups in total. The van der Waals surface area contributed by atoms with Crippen LogP contribution in [0.3, 0.4) is 0 Å². The van der Waals surface area contributed by atoms with E-state index in [4.69, 9.17) is 4.84 Å². The number of nitrogens with one attached hydrogen (secondary N) is 2. The fraction of sp³-hybridized carbons (Fsp3) is 0.619. The molecule has 4 saturated carbocycles. The third-order valence-electron chi connectivity index (χ3n) is 6.41. The minimum atomic E-state index is -0.320. The normalized spacial score (nSPS) is 31.6. The van der Waals surface area contributed by atoms with Crippen molar-refractivity contribution < 1.29 is 14.4 Å². The summed E-state index contributed by atoms with van der Waals surface area (Å²) in [7, 11) is 0. The largest absolute Gasteiger partial charge is 0.347 e. The van der Waals surface area contributed by atoms with Crippen LogP contribution in [0.1, 0.15) is 50.5 Å². The predicted molar refractivity (Wildman–Crippen MR) is 97.6 cm³/mol. The van der Waals surface area contributed by atoms with Gasteiger partial charge in [-0.2, -0.15) is 0 Å². The SMILES string of the molecule is O=C(CC12CC3CC(CC(C3)C1)C2)NCC(=O)NOCc1ccccc1. The average molecular weight is 356 g/mol. The van der Waals surface area contributed by atoms with E-state index in [1.54, 1.807) is 0 Å². The maximum absolute atomic E-state index is 12.4. The van der Waals surface area contributed by atoms with Crippen molar-refractivity contribution in [3.8, 4) is 0 Å². The minimum Gasteiger partial charge on any atom is -0.347 e. The Kier molecular flexibility index (Phi) is 4.98. The topological polar surface area (TPSA) is 67.4 Å². The molecule has 4 fully saturated rings. The van der Waals surface area contributed by atoms with Gasteiger partial charge in [0, 0.05) is 6.42 Å². The molecule has 4 aliphatic rings. The van der Waals surface area contributed by atoms with E-state index in [2.05, 4.69) is 10.8 Å². The van der Waals surface area contributed by atoms with E-state index in [1.165, 1.54) is 38.5 Å². The van der Waals surface area contributed by atoms with E-state index >= 15 is 0 Å². The van der Waals surface area contributed by atoms with Crippen LogP contribution < -0.4 is 10.8 Å². The predicted octanol–water partition coefficient (Wildman–Crippen LogP) is 2.96. The van der Waals surface area contributed by atoms with Crippen LogP contribution in [0.2, 0.25) is 0 Å². The smallest absolute Gasteiger partial charge is 0.262 e. The van der Waals surface area contributed by atoms with E-state index in [-0.39, 0.29) is 23.8 Å². The fourth-order valence-electron chi connectivity index (χ4n) is 5.90. The molecule has 140 valence electrons. The lowest BCUT2D eigenvalue weighted by Gasteiger charge is -2.56. The molecular formula is C21H28N2O3. The summed E-state index contributed by atoms with van der Waals surface area (Å²) in [5.74, 6) is 2.20. The molecule has 0 atom stereocenters. The molecule has 26 heavy (non-hydrogen) atoms. The zero-order valence-electron chi connectivity index (χ0n) is 15.2. The van der Waals surface area contributed by atoms with Crippen molar-refractivity contribution in [2.75, 3.05) is 6.54 Å². The highest BCUT2D eigenvalue weighted by Gasteiger charge is 2.51. The maximum atomic E-state index is 12.4. The van der Waals surface area contributed by atoms with Crippen molar-refractivity contribution in [1.29, 1.82) is 0 Å². The first-order valence-electron chi connectivity index (χ1n) is 9.81. The first-order chi connectivity index (χ1) is 12.6. The van der Waals surface area contributed by atoms with E-state index in [0.717, 1.165) is 23.3 Å². The Bertz CT molecular complexity index is 623. The Morgan fingerprint density at radius 2 is 1.58 bits per heavy atom. The molecule has 0 saturated heterocycles. The first-order valence-corrected chi connectivity index (χ1v) is 9.81. The average Bonchev–Trinajstić information content (AvgIpc) is 2.59. The number of carbonyl (C=O) groups is 2. The van der Waals surface area contributed by atoms with E-state index in [9.17, 15) is 9.59 Å². The van der Waals surface area contributed by atoms with Crippen molar-refractivity contribution in [3.05, 3.63) is 35.9 Å². The number of amides is 2. The quantitative estimate of drug-likeness (QED) is 0.738. The molecule has 5 rings (SSSR count). The summed E-state index contributed by atoms with van der Waals surface area (Å²) in [4.78, 5) is 29.4. The van der Waals surface area contributed by atoms with Gasteiger partial charge in [-0.05, 0) is 67.3 Å². The molecule has 0 heterocycles. The lowest BCUT2D eigenvalue weighted by molar-refractivity contribution is -0.137. The second-order valence-electron chi connectivity index (χ2n) is 8.67. The molecule has 1 aromatic rings. The van der Waals surface area contributed by atoms with E-state index < -0.39 is 0 Å². The summed E-state index contributed by atoms with van der Waals surface area (Å²) >= 11 is 0. The summed E-state index contributed by atoms with van der Waals surface area (Å²) < 4.78 is 0. The number of hydrogen-bond donors (Lipinski definition) is 2. The molecule has 0 unspecified atom stereocenters. The molecule has 0 spiro atoms. The van der Waals surface area contributed by atoms with Crippen LogP contribution in [0, 0.1) is 23.2 Å². The van der Waals surface area contributed by atoms with E-state index in [1.807, 2.05) is 30.3 Å². The van der Waals surface area contributed by atoms with Crippen molar-refractivity contribution in [2.24, 2.45) is 23.2 Å². The van der Waals surface area contributed by atoms with Crippen molar-refractivity contribution in [1.82, 2.24) is 10.8 Å². The van der Waals surface area contributed by atoms with Gasteiger partial charge in [0.15, 0.2) is 0 Å². The summed E-state index contributed by atoms with van der Waals surface area (Å²) in [5.41, 5.74) is 3.58. The fourth-order valence-corrected chi connectivity index (χ4v) is 5.90. The van der Waals surface area contributed by atoms with Gasteiger partial charge in [-0.25, -0.2) is 5.48 Å². The lowest BCUT2D eigenvalue weighted by Crippen LogP contribution is -2.48. The van der Waals surface area contributed by atoms with Crippen LogP contribution in [0.15, 0.2) is 30.3 Å². The molecule has 2 amide bonds. The number of hydroxylamine groups is 1. The molecule has 4 aliphatic carbocycles. The van der Waals surface area contributed by atoms with Crippen molar-refractivity contribution in [3.63, 3.8) is 0 Å². The van der Waals surface area contributed by atoms with Gasteiger partial charge in [0.2, 0.25) is 5.91 Å². The van der Waals surface area contributed by atoms with Crippen LogP contribution in [-0.4, -0.2) is 18.4 Å². The Balaban J connectivity index is 1.18. The second-order valence-corrected chi connectivity index (χ2v) is 8.67. The van der Waals surface area contributed by atoms with Crippen LogP contribution in [-0.2, 0) is 21.0 Å². The third-order valence-corrected chi connectivity index (χ3v) is 6.41. The molecule has 4 bridgehead atoms. The number of carbonyl (C=O) groups excluding carboxylic acids is 2. The van der Waals surface area contributed by atoms with Gasteiger partial charge >= 0.3 is 0 Å². The summed E-state index contributed by atoms with van der Waals surface area (Å²) in [6, 6.07) is 9.64. The van der Waals surface area contributed by atoms with Gasteiger partial charge in [0.1, 0.15) is 0 Å². The zero-order chi connectivity index (χ0) is 18.0. The highest BCUT2D eigenvalue weighted by atomic mass is 16.6. The number of hydrogen-bond acceptors (Lipinski definition) is 3. The Labute approximate surface area is 154 Å². The summed E-state index contributed by atoms with van der Waals surface area (Å²) in [6.07, 6.45) is 8.33. The molecule has 5 nitrogen and oxygen atoms in total. The highest BCUT2D eigenvalue weighted by Crippen LogP contribution is 2.61. The molecular weight excluding hydrogens is 328 g/mol. The Morgan fingerprint density at radius 1 is 0.962 bits per heavy atom. The monoisotopic (exact) mass is 356 g/mol. The third kappa shape index (κ3) is 4.09. The van der Waals surface area contributed by atoms with Gasteiger partial charge in [-0.15, -0.1) is 0 Å². The highest BCUT2D eigenvalue weighted by molar-refractivity contribution is 5.84. The molecule has 1 aromatic carbocycles. The van der Waals surface area contributed by atoms with Crippen LogP contribution in [0.4, 0.5) is 0 Å². The van der Waals surface area contributed by atoms with Crippen molar-refractivity contribution in [2.45, 2.75) is 51.6 Å². The molecule has 0 aliphatic heterocycles. The number of benzene rings is 1. The maximum Gasteiger partial charge on any atom is 0.262 e. The zero-order valence-corrected chi connectivity index (χ0v) is 15.2. The molecule has 0 radical (unpaired) electrons. The Morgan fingerprint density at radius 3 is 2.19 bits per heavy atom. The molecule has 5 heteroatoms. The van der Waals surface area contributed by atoms with Crippen LogP contribution in [0.5, 0.6) is 0 Å². The first kappa shape index (κ1) is 17.5. The standard InChI is InChI=1S/C21H28N2O3/c24-19(12-21-9-16-6-17(10-21)8-18(7-16)11-21)22-13-20(25)23-26-14-15-4-2-1-3-5-15/h1-5,16-18H,6-14H2,(H,22,24)(H,23,25). The van der Waals surface area contributed by atoms with Crippen LogP contribution >= 0.6 is 0 Å². The lowest BCUT2D eigenvalue weighted by atomic mass is 9.49. The summed E-state index contributed by atoms with van der Waals surface area (Å²) in [6.45, 7) is 0.286. The van der Waals surface area contributed by atoms with Gasteiger partial charge in [0.25, 0.3) is 5.91 Å². The molecule has 0 aromatic heterocycles. The van der Waals surface area contributed by atoms with Gasteiger partial charge < -0.3 is 5.32 Å².